The quantitative estimate of drug-likeness (QED) is 0.416. The van der Waals surface area contributed by atoms with Gasteiger partial charge in [-0.25, -0.2) is 0 Å². The van der Waals surface area contributed by atoms with E-state index in [4.69, 9.17) is 0 Å². The zero-order chi connectivity index (χ0) is 19.9. The second kappa shape index (κ2) is 9.32. The van der Waals surface area contributed by atoms with Crippen molar-refractivity contribution in [2.45, 2.75) is 25.3 Å². The standard InChI is InChI=1S/C21H26N4O3/c1-24(20-8-4-6-16-5-2-3-7-19(16)20)15-21(26)23-14-13-22-17-9-11-18(12-10-17)25(27)28/h2-3,5,7,9-12,20,22H,4,6,8,13-15H2,1H3,(H,23,26)/t20-/m0/s1. The van der Waals surface area contributed by atoms with Crippen LogP contribution in [-0.2, 0) is 11.2 Å². The highest BCUT2D eigenvalue weighted by Crippen LogP contribution is 2.33. The molecule has 0 radical (unpaired) electrons. The van der Waals surface area contributed by atoms with Crippen LogP contribution in [0, 0.1) is 10.1 Å². The lowest BCUT2D eigenvalue weighted by Gasteiger charge is -2.32. The lowest BCUT2D eigenvalue weighted by atomic mass is 9.87. The number of rotatable bonds is 8. The summed E-state index contributed by atoms with van der Waals surface area (Å²) < 4.78 is 0. The molecule has 7 heteroatoms. The van der Waals surface area contributed by atoms with Gasteiger partial charge in [0.2, 0.25) is 5.91 Å². The maximum Gasteiger partial charge on any atom is 0.269 e. The molecule has 0 unspecified atom stereocenters. The number of benzene rings is 2. The smallest absolute Gasteiger partial charge is 0.269 e. The van der Waals surface area contributed by atoms with Gasteiger partial charge in [0, 0.05) is 37.0 Å². The molecular weight excluding hydrogens is 356 g/mol. The van der Waals surface area contributed by atoms with Gasteiger partial charge in [0.15, 0.2) is 0 Å². The molecule has 2 aromatic rings. The Hall–Kier alpha value is -2.93. The largest absolute Gasteiger partial charge is 0.383 e. The molecule has 1 aliphatic rings. The zero-order valence-electron chi connectivity index (χ0n) is 16.1. The first-order chi connectivity index (χ1) is 13.5. The molecule has 28 heavy (non-hydrogen) atoms. The Bertz CT molecular complexity index is 823. The lowest BCUT2D eigenvalue weighted by molar-refractivity contribution is -0.384. The average molecular weight is 382 g/mol. The van der Waals surface area contributed by atoms with E-state index in [1.165, 1.54) is 23.3 Å². The number of carbonyl (C=O) groups is 1. The van der Waals surface area contributed by atoms with Crippen LogP contribution in [0.4, 0.5) is 11.4 Å². The fourth-order valence-corrected chi connectivity index (χ4v) is 3.69. The summed E-state index contributed by atoms with van der Waals surface area (Å²) >= 11 is 0. The SMILES string of the molecule is CN(CC(=O)NCCNc1ccc([N+](=O)[O-])cc1)[C@H]1CCCc2ccccc21. The van der Waals surface area contributed by atoms with Gasteiger partial charge in [0.05, 0.1) is 11.5 Å². The molecule has 0 bridgehead atoms. The van der Waals surface area contributed by atoms with Crippen LogP contribution in [0.3, 0.4) is 0 Å². The van der Waals surface area contributed by atoms with Gasteiger partial charge >= 0.3 is 0 Å². The number of nitro benzene ring substituents is 1. The van der Waals surface area contributed by atoms with E-state index in [1.54, 1.807) is 12.1 Å². The van der Waals surface area contributed by atoms with E-state index in [0.717, 1.165) is 24.9 Å². The zero-order valence-corrected chi connectivity index (χ0v) is 16.1. The number of hydrogen-bond acceptors (Lipinski definition) is 5. The summed E-state index contributed by atoms with van der Waals surface area (Å²) in [6.07, 6.45) is 3.33. The normalized spacial score (nSPS) is 15.7. The summed E-state index contributed by atoms with van der Waals surface area (Å²) in [6.45, 7) is 1.40. The maximum absolute atomic E-state index is 12.3. The fourth-order valence-electron chi connectivity index (χ4n) is 3.69. The molecule has 1 amide bonds. The molecule has 3 rings (SSSR count). The van der Waals surface area contributed by atoms with E-state index in [-0.39, 0.29) is 17.6 Å². The summed E-state index contributed by atoms with van der Waals surface area (Å²) in [4.78, 5) is 24.6. The van der Waals surface area contributed by atoms with E-state index in [0.29, 0.717) is 19.6 Å². The molecule has 0 saturated heterocycles. The van der Waals surface area contributed by atoms with Crippen molar-refractivity contribution in [1.29, 1.82) is 0 Å². The number of nitro groups is 1. The van der Waals surface area contributed by atoms with Gasteiger partial charge in [-0.2, -0.15) is 0 Å². The van der Waals surface area contributed by atoms with Crippen LogP contribution in [0.25, 0.3) is 0 Å². The summed E-state index contributed by atoms with van der Waals surface area (Å²) in [5.74, 6) is -0.00365. The Morgan fingerprint density at radius 1 is 1.18 bits per heavy atom. The van der Waals surface area contributed by atoms with Gasteiger partial charge in [-0.15, -0.1) is 0 Å². The maximum atomic E-state index is 12.3. The predicted molar refractivity (Wildman–Crippen MR) is 109 cm³/mol. The highest BCUT2D eigenvalue weighted by molar-refractivity contribution is 5.78. The second-order valence-corrected chi connectivity index (χ2v) is 7.10. The summed E-state index contributed by atoms with van der Waals surface area (Å²) in [5.41, 5.74) is 3.57. The number of anilines is 1. The first-order valence-electron chi connectivity index (χ1n) is 9.57. The molecule has 0 aliphatic heterocycles. The van der Waals surface area contributed by atoms with Crippen molar-refractivity contribution in [2.75, 3.05) is 32.0 Å². The average Bonchev–Trinajstić information content (AvgIpc) is 2.71. The van der Waals surface area contributed by atoms with Gasteiger partial charge in [0.25, 0.3) is 5.69 Å². The molecule has 0 spiro atoms. The van der Waals surface area contributed by atoms with Crippen molar-refractivity contribution in [3.8, 4) is 0 Å². The minimum absolute atomic E-state index is 0.00365. The number of aryl methyl sites for hydroxylation is 1. The Morgan fingerprint density at radius 2 is 1.93 bits per heavy atom. The van der Waals surface area contributed by atoms with Crippen LogP contribution >= 0.6 is 0 Å². The first kappa shape index (κ1) is 19.8. The van der Waals surface area contributed by atoms with E-state index in [2.05, 4.69) is 39.8 Å². The van der Waals surface area contributed by atoms with Gasteiger partial charge in [-0.05, 0) is 49.6 Å². The molecule has 0 heterocycles. The third-order valence-corrected chi connectivity index (χ3v) is 5.12. The van der Waals surface area contributed by atoms with Crippen LogP contribution < -0.4 is 10.6 Å². The van der Waals surface area contributed by atoms with Crippen molar-refractivity contribution in [3.05, 3.63) is 69.8 Å². The number of nitrogens with zero attached hydrogens (tertiary/aromatic N) is 2. The van der Waals surface area contributed by atoms with E-state index in [9.17, 15) is 14.9 Å². The number of amides is 1. The molecule has 0 saturated carbocycles. The molecule has 2 N–H and O–H groups in total. The van der Waals surface area contributed by atoms with Crippen LogP contribution in [0.2, 0.25) is 0 Å². The molecule has 0 aromatic heterocycles. The minimum atomic E-state index is -0.425. The number of fused-ring (bicyclic) bond motifs is 1. The van der Waals surface area contributed by atoms with Crippen molar-refractivity contribution in [1.82, 2.24) is 10.2 Å². The van der Waals surface area contributed by atoms with Crippen LogP contribution in [0.5, 0.6) is 0 Å². The second-order valence-electron chi connectivity index (χ2n) is 7.10. The van der Waals surface area contributed by atoms with Gasteiger partial charge in [-0.3, -0.25) is 19.8 Å². The van der Waals surface area contributed by atoms with Crippen molar-refractivity contribution in [3.63, 3.8) is 0 Å². The van der Waals surface area contributed by atoms with Gasteiger partial charge < -0.3 is 10.6 Å². The third kappa shape index (κ3) is 5.07. The lowest BCUT2D eigenvalue weighted by Crippen LogP contribution is -2.39. The Morgan fingerprint density at radius 3 is 2.68 bits per heavy atom. The van der Waals surface area contributed by atoms with Crippen molar-refractivity contribution >= 4 is 17.3 Å². The molecular formula is C21H26N4O3. The van der Waals surface area contributed by atoms with E-state index >= 15 is 0 Å². The fraction of sp³-hybridized carbons (Fsp3) is 0.381. The van der Waals surface area contributed by atoms with Crippen LogP contribution in [0.15, 0.2) is 48.5 Å². The number of hydrogen-bond donors (Lipinski definition) is 2. The molecule has 0 fully saturated rings. The third-order valence-electron chi connectivity index (χ3n) is 5.12. The first-order valence-corrected chi connectivity index (χ1v) is 9.57. The Balaban J connectivity index is 1.41. The van der Waals surface area contributed by atoms with Crippen molar-refractivity contribution in [2.24, 2.45) is 0 Å². The number of nitrogens with one attached hydrogen (secondary N) is 2. The van der Waals surface area contributed by atoms with E-state index < -0.39 is 4.92 Å². The number of carbonyl (C=O) groups excluding carboxylic acids is 1. The Labute approximate surface area is 164 Å². The number of non-ortho nitro benzene ring substituents is 1. The summed E-state index contributed by atoms with van der Waals surface area (Å²) in [7, 11) is 2.00. The van der Waals surface area contributed by atoms with Gasteiger partial charge in [0.1, 0.15) is 0 Å². The summed E-state index contributed by atoms with van der Waals surface area (Å²) in [5, 5.41) is 16.7. The molecule has 7 nitrogen and oxygen atoms in total. The topological polar surface area (TPSA) is 87.5 Å². The molecule has 1 aliphatic carbocycles. The van der Waals surface area contributed by atoms with Crippen LogP contribution in [-0.4, -0.2) is 42.4 Å². The van der Waals surface area contributed by atoms with Gasteiger partial charge in [-0.1, -0.05) is 24.3 Å². The monoisotopic (exact) mass is 382 g/mol. The molecule has 2 aromatic carbocycles. The van der Waals surface area contributed by atoms with Crippen molar-refractivity contribution < 1.29 is 9.72 Å². The minimum Gasteiger partial charge on any atom is -0.383 e. The highest BCUT2D eigenvalue weighted by atomic mass is 16.6. The van der Waals surface area contributed by atoms with E-state index in [1.807, 2.05) is 7.05 Å². The molecule has 148 valence electrons. The summed E-state index contributed by atoms with van der Waals surface area (Å²) in [6, 6.07) is 15.0. The number of likely N-dealkylation sites (N-methyl/N-ethyl adjacent to an activating group) is 1. The Kier molecular flexibility index (Phi) is 6.60. The molecule has 1 atom stereocenters. The van der Waals surface area contributed by atoms with Crippen LogP contribution in [0.1, 0.15) is 30.0 Å². The highest BCUT2D eigenvalue weighted by Gasteiger charge is 2.24. The predicted octanol–water partition coefficient (Wildman–Crippen LogP) is 3.13.